The molecule has 1 N–H and O–H groups in total. The van der Waals surface area contributed by atoms with Crippen LogP contribution in [0.3, 0.4) is 0 Å². The minimum atomic E-state index is -0.0905. The third-order valence-corrected chi connectivity index (χ3v) is 6.31. The van der Waals surface area contributed by atoms with E-state index in [0.29, 0.717) is 12.3 Å². The molecule has 2 amide bonds. The first kappa shape index (κ1) is 18.0. The van der Waals surface area contributed by atoms with Crippen LogP contribution in [0.15, 0.2) is 42.5 Å². The Balaban J connectivity index is 1.30. The van der Waals surface area contributed by atoms with E-state index in [4.69, 9.17) is 0 Å². The van der Waals surface area contributed by atoms with Gasteiger partial charge in [0.2, 0.25) is 11.8 Å². The van der Waals surface area contributed by atoms with Gasteiger partial charge in [-0.05, 0) is 41.0 Å². The molecule has 0 aromatic heterocycles. The van der Waals surface area contributed by atoms with E-state index < -0.39 is 0 Å². The Hall–Kier alpha value is -2.36. The van der Waals surface area contributed by atoms with Gasteiger partial charge < -0.3 is 10.2 Å². The summed E-state index contributed by atoms with van der Waals surface area (Å²) in [4.78, 5) is 26.9. The van der Waals surface area contributed by atoms with Crippen LogP contribution in [-0.2, 0) is 16.0 Å². The van der Waals surface area contributed by atoms with Crippen molar-refractivity contribution in [3.05, 3.63) is 48.0 Å². The van der Waals surface area contributed by atoms with Gasteiger partial charge >= 0.3 is 0 Å². The van der Waals surface area contributed by atoms with Gasteiger partial charge in [0, 0.05) is 13.1 Å². The van der Waals surface area contributed by atoms with Gasteiger partial charge in [0.1, 0.15) is 0 Å². The fourth-order valence-electron chi connectivity index (χ4n) is 4.80. The smallest absolute Gasteiger partial charge is 0.241 e. The summed E-state index contributed by atoms with van der Waals surface area (Å²) < 4.78 is 0. The first-order valence-corrected chi connectivity index (χ1v) is 10.2. The van der Waals surface area contributed by atoms with Crippen molar-refractivity contribution < 1.29 is 9.59 Å². The highest BCUT2D eigenvalue weighted by Gasteiger charge is 2.32. The predicted octanol–water partition coefficient (Wildman–Crippen LogP) is 3.54. The molecule has 142 valence electrons. The number of fused-ring (bicyclic) bond motifs is 2. The van der Waals surface area contributed by atoms with Gasteiger partial charge in [-0.15, -0.1) is 0 Å². The van der Waals surface area contributed by atoms with E-state index in [-0.39, 0.29) is 18.4 Å². The molecule has 1 heterocycles. The van der Waals surface area contributed by atoms with Crippen molar-refractivity contribution in [2.75, 3.05) is 19.6 Å². The van der Waals surface area contributed by atoms with Crippen molar-refractivity contribution in [2.45, 2.75) is 38.5 Å². The normalized spacial score (nSPS) is 22.3. The largest absolute Gasteiger partial charge is 0.347 e. The zero-order chi connectivity index (χ0) is 18.6. The van der Waals surface area contributed by atoms with E-state index in [2.05, 4.69) is 17.4 Å². The summed E-state index contributed by atoms with van der Waals surface area (Å²) in [6.07, 6.45) is 6.65. The minimum Gasteiger partial charge on any atom is -0.347 e. The molecule has 1 saturated heterocycles. The van der Waals surface area contributed by atoms with Crippen LogP contribution in [0.4, 0.5) is 0 Å². The van der Waals surface area contributed by atoms with Crippen LogP contribution in [0.2, 0.25) is 0 Å². The number of hydrogen-bond acceptors (Lipinski definition) is 2. The highest BCUT2D eigenvalue weighted by molar-refractivity contribution is 5.91. The molecular weight excluding hydrogens is 336 g/mol. The highest BCUT2D eigenvalue weighted by Crippen LogP contribution is 2.35. The van der Waals surface area contributed by atoms with Gasteiger partial charge in [0.05, 0.1) is 13.0 Å². The van der Waals surface area contributed by atoms with E-state index in [1.807, 2.05) is 35.2 Å². The molecule has 1 saturated carbocycles. The number of carbonyl (C=O) groups is 2. The lowest BCUT2D eigenvalue weighted by Crippen LogP contribution is -2.48. The molecule has 1 aliphatic heterocycles. The molecule has 27 heavy (non-hydrogen) atoms. The quantitative estimate of drug-likeness (QED) is 0.902. The van der Waals surface area contributed by atoms with E-state index in [0.717, 1.165) is 41.8 Å². The number of amides is 2. The Kier molecular flexibility index (Phi) is 5.42. The number of nitrogens with zero attached hydrogens (tertiary/aromatic N) is 1. The maximum absolute atomic E-state index is 12.6. The van der Waals surface area contributed by atoms with Crippen molar-refractivity contribution in [2.24, 2.45) is 11.8 Å². The van der Waals surface area contributed by atoms with Crippen LogP contribution in [-0.4, -0.2) is 36.3 Å². The molecule has 2 aromatic rings. The van der Waals surface area contributed by atoms with E-state index in [9.17, 15) is 9.59 Å². The van der Waals surface area contributed by atoms with Crippen molar-refractivity contribution in [3.8, 4) is 0 Å². The molecule has 2 fully saturated rings. The number of nitrogens with one attached hydrogen (secondary N) is 1. The Morgan fingerprint density at radius 1 is 0.963 bits per heavy atom. The standard InChI is InChI=1S/C23H28N2O2/c26-22(14-19-10-5-9-18-7-3-4-11-21(18)19)24-15-23(27)25-13-12-17-6-1-2-8-20(17)16-25/h3-5,7,9-11,17,20H,1-2,6,8,12-16H2,(H,24,26)/t17-,20-/m0/s1. The maximum atomic E-state index is 12.6. The van der Waals surface area contributed by atoms with Crippen molar-refractivity contribution in [1.82, 2.24) is 10.2 Å². The van der Waals surface area contributed by atoms with E-state index in [1.54, 1.807) is 0 Å². The molecule has 0 bridgehead atoms. The van der Waals surface area contributed by atoms with Crippen LogP contribution >= 0.6 is 0 Å². The summed E-state index contributed by atoms with van der Waals surface area (Å²) >= 11 is 0. The average Bonchev–Trinajstić information content (AvgIpc) is 2.72. The fraction of sp³-hybridized carbons (Fsp3) is 0.478. The molecule has 2 atom stereocenters. The lowest BCUT2D eigenvalue weighted by atomic mass is 9.75. The Labute approximate surface area is 160 Å². The molecule has 0 unspecified atom stereocenters. The fourth-order valence-corrected chi connectivity index (χ4v) is 4.80. The maximum Gasteiger partial charge on any atom is 0.241 e. The predicted molar refractivity (Wildman–Crippen MR) is 107 cm³/mol. The lowest BCUT2D eigenvalue weighted by molar-refractivity contribution is -0.135. The van der Waals surface area contributed by atoms with Gasteiger partial charge in [-0.25, -0.2) is 0 Å². The molecule has 4 heteroatoms. The topological polar surface area (TPSA) is 49.4 Å². The summed E-state index contributed by atoms with van der Waals surface area (Å²) in [6.45, 7) is 1.84. The van der Waals surface area contributed by atoms with Gasteiger partial charge in [-0.2, -0.15) is 0 Å². The number of benzene rings is 2. The van der Waals surface area contributed by atoms with Gasteiger partial charge in [-0.1, -0.05) is 61.7 Å². The second kappa shape index (κ2) is 8.12. The Morgan fingerprint density at radius 3 is 2.63 bits per heavy atom. The van der Waals surface area contributed by atoms with Crippen molar-refractivity contribution in [1.29, 1.82) is 0 Å². The number of likely N-dealkylation sites (tertiary alicyclic amines) is 1. The molecule has 1 aliphatic carbocycles. The van der Waals surface area contributed by atoms with Crippen LogP contribution in [0.25, 0.3) is 10.8 Å². The summed E-state index contributed by atoms with van der Waals surface area (Å²) in [7, 11) is 0. The SMILES string of the molecule is O=C(Cc1cccc2ccccc12)NCC(=O)N1CC[C@@H]2CCCC[C@H]2C1. The summed E-state index contributed by atoms with van der Waals surface area (Å²) in [5, 5.41) is 5.07. The molecule has 0 radical (unpaired) electrons. The molecule has 2 aromatic carbocycles. The lowest BCUT2D eigenvalue weighted by Gasteiger charge is -2.41. The highest BCUT2D eigenvalue weighted by atomic mass is 16.2. The second-order valence-electron chi connectivity index (χ2n) is 8.02. The van der Waals surface area contributed by atoms with Crippen molar-refractivity contribution >= 4 is 22.6 Å². The van der Waals surface area contributed by atoms with E-state index in [1.165, 1.54) is 25.7 Å². The van der Waals surface area contributed by atoms with Crippen LogP contribution < -0.4 is 5.32 Å². The Morgan fingerprint density at radius 2 is 1.74 bits per heavy atom. The molecule has 2 aliphatic rings. The van der Waals surface area contributed by atoms with E-state index >= 15 is 0 Å². The van der Waals surface area contributed by atoms with Crippen molar-refractivity contribution in [3.63, 3.8) is 0 Å². The average molecular weight is 364 g/mol. The number of hydrogen-bond donors (Lipinski definition) is 1. The number of rotatable bonds is 4. The van der Waals surface area contributed by atoms with Gasteiger partial charge in [-0.3, -0.25) is 9.59 Å². The summed E-state index contributed by atoms with van der Waals surface area (Å²) in [6, 6.07) is 14.1. The third kappa shape index (κ3) is 4.15. The number of piperidine rings is 1. The molecule has 4 rings (SSSR count). The second-order valence-corrected chi connectivity index (χ2v) is 8.02. The molecular formula is C23H28N2O2. The first-order chi connectivity index (χ1) is 13.2. The van der Waals surface area contributed by atoms with Gasteiger partial charge in [0.25, 0.3) is 0 Å². The van der Waals surface area contributed by atoms with Crippen LogP contribution in [0.1, 0.15) is 37.7 Å². The minimum absolute atomic E-state index is 0.0605. The monoisotopic (exact) mass is 364 g/mol. The summed E-state index contributed by atoms with van der Waals surface area (Å²) in [5.41, 5.74) is 1.00. The third-order valence-electron chi connectivity index (χ3n) is 6.31. The Bertz CT molecular complexity index is 827. The first-order valence-electron chi connectivity index (χ1n) is 10.2. The summed E-state index contributed by atoms with van der Waals surface area (Å²) in [5.74, 6) is 1.45. The zero-order valence-electron chi connectivity index (χ0n) is 15.8. The van der Waals surface area contributed by atoms with Gasteiger partial charge in [0.15, 0.2) is 0 Å². The molecule has 0 spiro atoms. The van der Waals surface area contributed by atoms with Crippen LogP contribution in [0, 0.1) is 11.8 Å². The number of carbonyl (C=O) groups excluding carboxylic acids is 2. The van der Waals surface area contributed by atoms with Crippen LogP contribution in [0.5, 0.6) is 0 Å². The molecule has 4 nitrogen and oxygen atoms in total. The zero-order valence-corrected chi connectivity index (χ0v) is 15.8.